The maximum atomic E-state index is 12.8. The number of carbonyl (C=O) groups is 5. The van der Waals surface area contributed by atoms with Crippen molar-refractivity contribution in [2.75, 3.05) is 6.54 Å². The Bertz CT molecular complexity index is 736. The van der Waals surface area contributed by atoms with Crippen LogP contribution in [0.5, 0.6) is 0 Å². The van der Waals surface area contributed by atoms with E-state index in [1.807, 2.05) is 0 Å². The van der Waals surface area contributed by atoms with Crippen LogP contribution in [0.2, 0.25) is 0 Å². The first kappa shape index (κ1) is 29.6. The van der Waals surface area contributed by atoms with Gasteiger partial charge in [0.2, 0.25) is 17.7 Å². The molecule has 4 atom stereocenters. The molecule has 0 spiro atoms. The SMILES string of the molecule is CC(C)CC(NC(=O)C(CCCN=C(N)N)NC(=O)C(CC(=O)O)NC(=O)C(C)N)C(=O)O. The average Bonchev–Trinajstić information content (AvgIpc) is 2.67. The van der Waals surface area contributed by atoms with Crippen molar-refractivity contribution in [1.29, 1.82) is 0 Å². The Hall–Kier alpha value is -3.42. The zero-order chi connectivity index (χ0) is 25.7. The minimum atomic E-state index is -1.50. The Balaban J connectivity index is 5.57. The van der Waals surface area contributed by atoms with Crippen LogP contribution in [-0.2, 0) is 24.0 Å². The van der Waals surface area contributed by atoms with Gasteiger partial charge in [-0.25, -0.2) is 4.79 Å². The Morgan fingerprint density at radius 1 is 0.848 bits per heavy atom. The van der Waals surface area contributed by atoms with E-state index in [1.165, 1.54) is 6.92 Å². The zero-order valence-corrected chi connectivity index (χ0v) is 19.0. The number of nitrogens with zero attached hydrogens (tertiary/aromatic N) is 1. The van der Waals surface area contributed by atoms with Crippen molar-refractivity contribution < 1.29 is 34.2 Å². The molecule has 14 heteroatoms. The fourth-order valence-electron chi connectivity index (χ4n) is 2.70. The third kappa shape index (κ3) is 12.9. The van der Waals surface area contributed by atoms with E-state index in [4.69, 9.17) is 22.3 Å². The van der Waals surface area contributed by atoms with Crippen molar-refractivity contribution in [2.45, 2.75) is 70.6 Å². The van der Waals surface area contributed by atoms with E-state index >= 15 is 0 Å². The summed E-state index contributed by atoms with van der Waals surface area (Å²) in [7, 11) is 0. The number of guanidine groups is 1. The molecular formula is C19H35N7O7. The number of aliphatic carboxylic acids is 2. The van der Waals surface area contributed by atoms with E-state index in [1.54, 1.807) is 13.8 Å². The van der Waals surface area contributed by atoms with Gasteiger partial charge in [-0.1, -0.05) is 13.8 Å². The normalized spacial score (nSPS) is 14.3. The number of hydrogen-bond donors (Lipinski definition) is 8. The number of nitrogens with two attached hydrogens (primary N) is 3. The summed E-state index contributed by atoms with van der Waals surface area (Å²) in [5, 5.41) is 25.4. The Morgan fingerprint density at radius 2 is 1.36 bits per heavy atom. The molecule has 33 heavy (non-hydrogen) atoms. The molecule has 188 valence electrons. The number of amides is 3. The molecule has 0 saturated heterocycles. The summed E-state index contributed by atoms with van der Waals surface area (Å²) in [5.41, 5.74) is 16.0. The first-order valence-electron chi connectivity index (χ1n) is 10.4. The Morgan fingerprint density at radius 3 is 1.82 bits per heavy atom. The van der Waals surface area contributed by atoms with E-state index in [0.29, 0.717) is 0 Å². The summed E-state index contributed by atoms with van der Waals surface area (Å²) < 4.78 is 0. The number of carboxylic acids is 2. The summed E-state index contributed by atoms with van der Waals surface area (Å²) in [6.07, 6.45) is -0.336. The molecule has 0 rings (SSSR count). The Labute approximate surface area is 191 Å². The molecule has 0 aromatic rings. The first-order valence-corrected chi connectivity index (χ1v) is 10.4. The Kier molecular flexibility index (Phi) is 13.1. The van der Waals surface area contributed by atoms with Crippen molar-refractivity contribution >= 4 is 35.6 Å². The third-order valence-corrected chi connectivity index (χ3v) is 4.33. The number of carbonyl (C=O) groups excluding carboxylic acids is 3. The molecule has 0 heterocycles. The van der Waals surface area contributed by atoms with Gasteiger partial charge < -0.3 is 43.4 Å². The van der Waals surface area contributed by atoms with Crippen LogP contribution in [0.25, 0.3) is 0 Å². The first-order chi connectivity index (χ1) is 15.2. The molecule has 0 fully saturated rings. The van der Waals surface area contributed by atoms with Gasteiger partial charge in [0.1, 0.15) is 18.1 Å². The minimum Gasteiger partial charge on any atom is -0.481 e. The summed E-state index contributed by atoms with van der Waals surface area (Å²) in [6, 6.07) is -4.92. The van der Waals surface area contributed by atoms with Gasteiger partial charge in [0, 0.05) is 6.54 Å². The van der Waals surface area contributed by atoms with Gasteiger partial charge in [-0.05, 0) is 32.1 Å². The number of nitrogens with one attached hydrogen (secondary N) is 3. The second-order valence-corrected chi connectivity index (χ2v) is 7.99. The second-order valence-electron chi connectivity index (χ2n) is 7.99. The summed E-state index contributed by atoms with van der Waals surface area (Å²) in [6.45, 7) is 5.06. The van der Waals surface area contributed by atoms with Gasteiger partial charge in [0.25, 0.3) is 0 Å². The van der Waals surface area contributed by atoms with Gasteiger partial charge in [-0.15, -0.1) is 0 Å². The molecule has 0 bridgehead atoms. The van der Waals surface area contributed by atoms with Crippen LogP contribution in [-0.4, -0.2) is 76.5 Å². The van der Waals surface area contributed by atoms with Crippen molar-refractivity contribution in [1.82, 2.24) is 16.0 Å². The van der Waals surface area contributed by atoms with Crippen LogP contribution in [0.4, 0.5) is 0 Å². The highest BCUT2D eigenvalue weighted by Crippen LogP contribution is 2.07. The maximum absolute atomic E-state index is 12.8. The quantitative estimate of drug-likeness (QED) is 0.0701. The topological polar surface area (TPSA) is 252 Å². The van der Waals surface area contributed by atoms with E-state index in [9.17, 15) is 29.1 Å². The lowest BCUT2D eigenvalue weighted by atomic mass is 10.0. The molecule has 11 N–H and O–H groups in total. The van der Waals surface area contributed by atoms with Crippen molar-refractivity contribution in [3.8, 4) is 0 Å². The maximum Gasteiger partial charge on any atom is 0.326 e. The van der Waals surface area contributed by atoms with Crippen LogP contribution in [0.1, 0.15) is 46.5 Å². The lowest BCUT2D eigenvalue weighted by Crippen LogP contribution is -2.57. The van der Waals surface area contributed by atoms with Crippen molar-refractivity contribution in [3.63, 3.8) is 0 Å². The predicted molar refractivity (Wildman–Crippen MR) is 119 cm³/mol. The zero-order valence-electron chi connectivity index (χ0n) is 19.0. The predicted octanol–water partition coefficient (Wildman–Crippen LogP) is -2.55. The smallest absolute Gasteiger partial charge is 0.326 e. The third-order valence-electron chi connectivity index (χ3n) is 4.33. The van der Waals surface area contributed by atoms with Crippen LogP contribution in [0.15, 0.2) is 4.99 Å². The minimum absolute atomic E-state index is 0.0173. The highest BCUT2D eigenvalue weighted by atomic mass is 16.4. The lowest BCUT2D eigenvalue weighted by molar-refractivity contribution is -0.143. The molecule has 0 saturated carbocycles. The standard InChI is InChI=1S/C19H35N7O7/c1-9(2)7-13(18(32)33)26-16(30)11(5-4-6-23-19(21)22)24-17(31)12(8-14(27)28)25-15(29)10(3)20/h9-13H,4-8,20H2,1-3H3,(H,24,31)(H,25,29)(H,26,30)(H,27,28)(H,32,33)(H4,21,22,23). The van der Waals surface area contributed by atoms with Crippen molar-refractivity contribution in [2.24, 2.45) is 28.1 Å². The monoisotopic (exact) mass is 473 g/mol. The molecule has 3 amide bonds. The van der Waals surface area contributed by atoms with Gasteiger partial charge >= 0.3 is 11.9 Å². The second kappa shape index (κ2) is 14.6. The molecule has 0 radical (unpaired) electrons. The molecule has 4 unspecified atom stereocenters. The number of hydrogen-bond acceptors (Lipinski definition) is 7. The summed E-state index contributed by atoms with van der Waals surface area (Å²) in [4.78, 5) is 63.8. The van der Waals surface area contributed by atoms with E-state index in [2.05, 4.69) is 20.9 Å². The number of rotatable bonds is 15. The number of carboxylic acid groups (broad SMARTS) is 2. The number of aliphatic imine (C=N–C) groups is 1. The van der Waals surface area contributed by atoms with Gasteiger partial charge in [0.05, 0.1) is 12.5 Å². The molecule has 0 aromatic carbocycles. The van der Waals surface area contributed by atoms with Crippen LogP contribution in [0.3, 0.4) is 0 Å². The van der Waals surface area contributed by atoms with Crippen LogP contribution >= 0.6 is 0 Å². The fraction of sp³-hybridized carbons (Fsp3) is 0.684. The van der Waals surface area contributed by atoms with E-state index in [-0.39, 0.29) is 37.7 Å². The molecule has 0 aromatic heterocycles. The van der Waals surface area contributed by atoms with E-state index in [0.717, 1.165) is 0 Å². The molecular weight excluding hydrogens is 438 g/mol. The highest BCUT2D eigenvalue weighted by molar-refractivity contribution is 5.95. The van der Waals surface area contributed by atoms with Crippen LogP contribution in [0, 0.1) is 5.92 Å². The molecule has 0 aliphatic heterocycles. The van der Waals surface area contributed by atoms with Crippen LogP contribution < -0.4 is 33.2 Å². The summed E-state index contributed by atoms with van der Waals surface area (Å²) >= 11 is 0. The molecule has 0 aliphatic carbocycles. The van der Waals surface area contributed by atoms with E-state index < -0.39 is 60.2 Å². The molecule has 14 nitrogen and oxygen atoms in total. The van der Waals surface area contributed by atoms with Gasteiger partial charge in [-0.3, -0.25) is 24.2 Å². The largest absolute Gasteiger partial charge is 0.481 e. The lowest BCUT2D eigenvalue weighted by Gasteiger charge is -2.24. The summed E-state index contributed by atoms with van der Waals surface area (Å²) in [5.74, 6) is -5.28. The average molecular weight is 474 g/mol. The van der Waals surface area contributed by atoms with Gasteiger partial charge in [-0.2, -0.15) is 0 Å². The fourth-order valence-corrected chi connectivity index (χ4v) is 2.70. The van der Waals surface area contributed by atoms with Crippen molar-refractivity contribution in [3.05, 3.63) is 0 Å². The molecule has 0 aliphatic rings. The van der Waals surface area contributed by atoms with Gasteiger partial charge in [0.15, 0.2) is 5.96 Å². The highest BCUT2D eigenvalue weighted by Gasteiger charge is 2.31.